The molecule has 1 unspecified atom stereocenters. The van der Waals surface area contributed by atoms with Crippen molar-refractivity contribution in [1.29, 1.82) is 0 Å². The molecule has 1 atom stereocenters. The van der Waals surface area contributed by atoms with E-state index in [2.05, 4.69) is 24.0 Å². The molecule has 1 aromatic carbocycles. The van der Waals surface area contributed by atoms with E-state index < -0.39 is 6.09 Å². The summed E-state index contributed by atoms with van der Waals surface area (Å²) in [7, 11) is 0. The number of nitrogens with zero attached hydrogens (tertiary/aromatic N) is 2. The number of piperazine rings is 1. The van der Waals surface area contributed by atoms with Gasteiger partial charge in [0.2, 0.25) is 0 Å². The second kappa shape index (κ2) is 5.19. The molecule has 0 spiro atoms. The molecule has 4 nitrogen and oxygen atoms in total. The lowest BCUT2D eigenvalue weighted by molar-refractivity contribution is 0.0712. The van der Waals surface area contributed by atoms with Crippen molar-refractivity contribution in [2.24, 2.45) is 0 Å². The Balaban J connectivity index is 1.94. The van der Waals surface area contributed by atoms with Crippen molar-refractivity contribution in [3.63, 3.8) is 0 Å². The molecule has 92 valence electrons. The average molecular weight is 234 g/mol. The zero-order chi connectivity index (χ0) is 12.3. The van der Waals surface area contributed by atoms with E-state index in [1.165, 1.54) is 10.5 Å². The Bertz CT molecular complexity index is 380. The van der Waals surface area contributed by atoms with Gasteiger partial charge in [-0.3, -0.25) is 4.90 Å². The van der Waals surface area contributed by atoms with Crippen molar-refractivity contribution in [2.75, 3.05) is 19.6 Å². The van der Waals surface area contributed by atoms with Gasteiger partial charge >= 0.3 is 6.09 Å². The summed E-state index contributed by atoms with van der Waals surface area (Å²) in [5.74, 6) is 0. The van der Waals surface area contributed by atoms with Crippen LogP contribution >= 0.6 is 0 Å². The SMILES string of the molecule is CC1CN(C(=O)O)CCN1Cc1ccccc1. The third-order valence-electron chi connectivity index (χ3n) is 3.26. The van der Waals surface area contributed by atoms with E-state index in [0.29, 0.717) is 13.1 Å². The minimum Gasteiger partial charge on any atom is -0.465 e. The van der Waals surface area contributed by atoms with Gasteiger partial charge in [-0.25, -0.2) is 4.79 Å². The van der Waals surface area contributed by atoms with Gasteiger partial charge < -0.3 is 10.0 Å². The zero-order valence-electron chi connectivity index (χ0n) is 10.0. The minimum absolute atomic E-state index is 0.278. The monoisotopic (exact) mass is 234 g/mol. The first-order valence-electron chi connectivity index (χ1n) is 5.92. The van der Waals surface area contributed by atoms with Gasteiger partial charge in [-0.15, -0.1) is 0 Å². The number of carbonyl (C=O) groups is 1. The molecule has 1 aliphatic heterocycles. The quantitative estimate of drug-likeness (QED) is 0.849. The van der Waals surface area contributed by atoms with Crippen molar-refractivity contribution in [2.45, 2.75) is 19.5 Å². The molecule has 0 aromatic heterocycles. The number of hydrogen-bond acceptors (Lipinski definition) is 2. The molecule has 1 saturated heterocycles. The summed E-state index contributed by atoms with van der Waals surface area (Å²) in [4.78, 5) is 14.7. The largest absolute Gasteiger partial charge is 0.465 e. The molecule has 1 aromatic rings. The number of rotatable bonds is 2. The molecule has 2 rings (SSSR count). The smallest absolute Gasteiger partial charge is 0.407 e. The summed E-state index contributed by atoms with van der Waals surface area (Å²) in [6, 6.07) is 10.6. The molecule has 17 heavy (non-hydrogen) atoms. The summed E-state index contributed by atoms with van der Waals surface area (Å²) < 4.78 is 0. The lowest BCUT2D eigenvalue weighted by Gasteiger charge is -2.38. The molecule has 1 amide bonds. The fourth-order valence-electron chi connectivity index (χ4n) is 2.22. The molecular formula is C13H18N2O2. The maximum atomic E-state index is 10.9. The molecule has 1 fully saturated rings. The summed E-state index contributed by atoms with van der Waals surface area (Å²) in [5.41, 5.74) is 1.28. The Morgan fingerprint density at radius 2 is 2.06 bits per heavy atom. The van der Waals surface area contributed by atoms with Gasteiger partial charge in [0.15, 0.2) is 0 Å². The van der Waals surface area contributed by atoms with Crippen LogP contribution in [0.3, 0.4) is 0 Å². The molecule has 1 aliphatic rings. The van der Waals surface area contributed by atoms with Gasteiger partial charge in [-0.05, 0) is 12.5 Å². The summed E-state index contributed by atoms with van der Waals surface area (Å²) >= 11 is 0. The predicted molar refractivity (Wildman–Crippen MR) is 65.9 cm³/mol. The first-order valence-corrected chi connectivity index (χ1v) is 5.92. The fraction of sp³-hybridized carbons (Fsp3) is 0.462. The summed E-state index contributed by atoms with van der Waals surface area (Å²) in [6.07, 6.45) is -0.809. The Kier molecular flexibility index (Phi) is 3.64. The van der Waals surface area contributed by atoms with Crippen LogP contribution in [-0.2, 0) is 6.54 Å². The average Bonchev–Trinajstić information content (AvgIpc) is 2.33. The minimum atomic E-state index is -0.809. The molecule has 0 radical (unpaired) electrons. The maximum Gasteiger partial charge on any atom is 0.407 e. The van der Waals surface area contributed by atoms with Crippen LogP contribution in [0.2, 0.25) is 0 Å². The van der Waals surface area contributed by atoms with E-state index in [-0.39, 0.29) is 6.04 Å². The first kappa shape index (κ1) is 11.9. The van der Waals surface area contributed by atoms with E-state index in [4.69, 9.17) is 5.11 Å². The maximum absolute atomic E-state index is 10.9. The Morgan fingerprint density at radius 1 is 1.35 bits per heavy atom. The van der Waals surface area contributed by atoms with Gasteiger partial charge in [0.25, 0.3) is 0 Å². The van der Waals surface area contributed by atoms with Crippen LogP contribution in [0.5, 0.6) is 0 Å². The van der Waals surface area contributed by atoms with Crippen LogP contribution in [0.15, 0.2) is 30.3 Å². The van der Waals surface area contributed by atoms with Crippen LogP contribution in [0.1, 0.15) is 12.5 Å². The highest BCUT2D eigenvalue weighted by molar-refractivity contribution is 5.65. The van der Waals surface area contributed by atoms with Gasteiger partial charge in [0.1, 0.15) is 0 Å². The van der Waals surface area contributed by atoms with Gasteiger partial charge in [0, 0.05) is 32.2 Å². The molecule has 0 saturated carbocycles. The normalized spacial score (nSPS) is 21.5. The molecule has 1 N–H and O–H groups in total. The van der Waals surface area contributed by atoms with Crippen LogP contribution in [-0.4, -0.2) is 46.7 Å². The van der Waals surface area contributed by atoms with Crippen LogP contribution in [0, 0.1) is 0 Å². The second-order valence-electron chi connectivity index (χ2n) is 4.53. The predicted octanol–water partition coefficient (Wildman–Crippen LogP) is 1.87. The fourth-order valence-corrected chi connectivity index (χ4v) is 2.22. The highest BCUT2D eigenvalue weighted by atomic mass is 16.4. The molecule has 0 aliphatic carbocycles. The molecule has 4 heteroatoms. The van der Waals surface area contributed by atoms with Crippen LogP contribution in [0.25, 0.3) is 0 Å². The highest BCUT2D eigenvalue weighted by Gasteiger charge is 2.26. The van der Waals surface area contributed by atoms with Gasteiger partial charge in [-0.2, -0.15) is 0 Å². The Labute approximate surface area is 101 Å². The van der Waals surface area contributed by atoms with Gasteiger partial charge in [-0.1, -0.05) is 30.3 Å². The third-order valence-corrected chi connectivity index (χ3v) is 3.26. The van der Waals surface area contributed by atoms with E-state index >= 15 is 0 Å². The van der Waals surface area contributed by atoms with Crippen molar-refractivity contribution in [3.05, 3.63) is 35.9 Å². The summed E-state index contributed by atoms with van der Waals surface area (Å²) in [5, 5.41) is 8.94. The zero-order valence-corrected chi connectivity index (χ0v) is 10.0. The number of amides is 1. The molecule has 0 bridgehead atoms. The van der Waals surface area contributed by atoms with E-state index in [1.807, 2.05) is 18.2 Å². The Hall–Kier alpha value is -1.55. The lowest BCUT2D eigenvalue weighted by atomic mass is 10.1. The lowest BCUT2D eigenvalue weighted by Crippen LogP contribution is -2.52. The van der Waals surface area contributed by atoms with Crippen molar-refractivity contribution in [1.82, 2.24) is 9.80 Å². The van der Waals surface area contributed by atoms with Crippen LogP contribution < -0.4 is 0 Å². The topological polar surface area (TPSA) is 43.8 Å². The summed E-state index contributed by atoms with van der Waals surface area (Å²) in [6.45, 7) is 4.99. The highest BCUT2D eigenvalue weighted by Crippen LogP contribution is 2.13. The molecular weight excluding hydrogens is 216 g/mol. The van der Waals surface area contributed by atoms with Gasteiger partial charge in [0.05, 0.1) is 0 Å². The van der Waals surface area contributed by atoms with Crippen molar-refractivity contribution >= 4 is 6.09 Å². The number of benzene rings is 1. The van der Waals surface area contributed by atoms with E-state index in [1.54, 1.807) is 0 Å². The van der Waals surface area contributed by atoms with Crippen molar-refractivity contribution < 1.29 is 9.90 Å². The molecule has 1 heterocycles. The van der Waals surface area contributed by atoms with E-state index in [0.717, 1.165) is 13.1 Å². The van der Waals surface area contributed by atoms with E-state index in [9.17, 15) is 4.79 Å². The first-order chi connectivity index (χ1) is 8.16. The number of hydrogen-bond donors (Lipinski definition) is 1. The number of carboxylic acid groups (broad SMARTS) is 1. The third kappa shape index (κ3) is 2.97. The standard InChI is InChI=1S/C13H18N2O2/c1-11-9-15(13(16)17)8-7-14(11)10-12-5-3-2-4-6-12/h2-6,11H,7-10H2,1H3,(H,16,17). The second-order valence-corrected chi connectivity index (χ2v) is 4.53. The van der Waals surface area contributed by atoms with Crippen molar-refractivity contribution in [3.8, 4) is 0 Å². The van der Waals surface area contributed by atoms with Crippen LogP contribution in [0.4, 0.5) is 4.79 Å². The Morgan fingerprint density at radius 3 is 2.65 bits per heavy atom.